The topological polar surface area (TPSA) is 149 Å². The molecule has 0 heterocycles. The van der Waals surface area contributed by atoms with E-state index in [0.29, 0.717) is 0 Å². The lowest BCUT2D eigenvalue weighted by Crippen LogP contribution is -2.47. The zero-order valence-electron chi connectivity index (χ0n) is 10.0. The van der Waals surface area contributed by atoms with E-state index in [1.807, 2.05) is 5.32 Å². The predicted octanol–water partition coefficient (Wildman–Crippen LogP) is -1.71. The van der Waals surface area contributed by atoms with E-state index in [1.165, 1.54) is 0 Å². The molecule has 0 saturated carbocycles. The highest BCUT2D eigenvalue weighted by Crippen LogP contribution is 1.98. The first-order valence-corrected chi connectivity index (χ1v) is 6.89. The number of sulfone groups is 1. The summed E-state index contributed by atoms with van der Waals surface area (Å²) in [5.41, 5.74) is 0. The summed E-state index contributed by atoms with van der Waals surface area (Å²) in [7, 11) is -3.77. The molecule has 0 rings (SSSR count). The molecule has 0 bridgehead atoms. The summed E-state index contributed by atoms with van der Waals surface area (Å²) < 4.78 is 27.1. The number of hydrogen-bond acceptors (Lipinski definition) is 7. The normalized spacial score (nSPS) is 11.5. The van der Waals surface area contributed by atoms with Crippen molar-refractivity contribution in [1.82, 2.24) is 10.6 Å². The maximum absolute atomic E-state index is 11.5. The van der Waals surface area contributed by atoms with Gasteiger partial charge in [0, 0.05) is 12.8 Å². The van der Waals surface area contributed by atoms with E-state index in [2.05, 4.69) is 10.1 Å². The molecule has 0 aromatic heterocycles. The first-order valence-electron chi connectivity index (χ1n) is 4.94. The lowest BCUT2D eigenvalue weighted by molar-refractivity contribution is -0.120. The molecule has 104 valence electrons. The summed E-state index contributed by atoms with van der Waals surface area (Å²) >= 11 is 0. The van der Waals surface area contributed by atoms with Gasteiger partial charge in [-0.25, -0.2) is 13.2 Å². The number of amides is 2. The smallest absolute Gasteiger partial charge is 0.408 e. The Morgan fingerprint density at radius 2 is 1.89 bits per heavy atom. The molecule has 0 aliphatic carbocycles. The molecule has 0 spiro atoms. The number of nitrogens with zero attached hydrogens (tertiary/aromatic N) is 2. The molecule has 1 unspecified atom stereocenters. The van der Waals surface area contributed by atoms with Crippen molar-refractivity contribution < 1.29 is 22.7 Å². The van der Waals surface area contributed by atoms with Crippen LogP contribution in [0.25, 0.3) is 0 Å². The summed E-state index contributed by atoms with van der Waals surface area (Å²) in [6, 6.07) is 3.17. The number of hydrogen-bond donors (Lipinski definition) is 2. The van der Waals surface area contributed by atoms with Gasteiger partial charge in [-0.2, -0.15) is 10.5 Å². The Hall–Kier alpha value is -2.33. The molecule has 1 atom stereocenters. The monoisotopic (exact) mass is 288 g/mol. The third-order valence-electron chi connectivity index (χ3n) is 1.85. The molecule has 0 aliphatic heterocycles. The molecule has 2 N–H and O–H groups in total. The average Bonchev–Trinajstić information content (AvgIpc) is 2.32. The van der Waals surface area contributed by atoms with Gasteiger partial charge >= 0.3 is 6.09 Å². The fourth-order valence-electron chi connectivity index (χ4n) is 1.00. The Labute approximate surface area is 110 Å². The van der Waals surface area contributed by atoms with Crippen LogP contribution in [0.15, 0.2) is 0 Å². The van der Waals surface area contributed by atoms with Crippen LogP contribution in [0.3, 0.4) is 0 Å². The number of carbonyl (C=O) groups is 2. The van der Waals surface area contributed by atoms with Gasteiger partial charge in [0.2, 0.25) is 5.91 Å². The molecule has 0 aromatic rings. The van der Waals surface area contributed by atoms with E-state index < -0.39 is 40.2 Å². The van der Waals surface area contributed by atoms with E-state index in [-0.39, 0.29) is 6.54 Å². The van der Waals surface area contributed by atoms with E-state index >= 15 is 0 Å². The Balaban J connectivity index is 4.56. The first-order chi connectivity index (χ1) is 8.82. The van der Waals surface area contributed by atoms with Crippen molar-refractivity contribution in [2.45, 2.75) is 5.25 Å². The quantitative estimate of drug-likeness (QED) is 0.552. The summed E-state index contributed by atoms with van der Waals surface area (Å²) in [6.45, 7) is -1.35. The summed E-state index contributed by atoms with van der Waals surface area (Å²) in [5, 5.41) is 19.0. The van der Waals surface area contributed by atoms with Crippen molar-refractivity contribution in [3.63, 3.8) is 0 Å². The number of nitrogens with one attached hydrogen (secondary N) is 2. The van der Waals surface area contributed by atoms with Crippen LogP contribution in [0.5, 0.6) is 0 Å². The molecule has 9 nitrogen and oxygen atoms in total. The number of carbonyl (C=O) groups excluding carboxylic acids is 2. The molecule has 0 aromatic carbocycles. The van der Waals surface area contributed by atoms with Gasteiger partial charge in [0.1, 0.15) is 12.6 Å². The second-order valence-electron chi connectivity index (χ2n) is 3.31. The van der Waals surface area contributed by atoms with Gasteiger partial charge in [0.25, 0.3) is 0 Å². The highest BCUT2D eigenvalue weighted by atomic mass is 32.2. The van der Waals surface area contributed by atoms with Crippen molar-refractivity contribution in [3.8, 4) is 12.1 Å². The largest absolute Gasteiger partial charge is 0.434 e. The minimum absolute atomic E-state index is 0.344. The number of rotatable bonds is 6. The molecular weight excluding hydrogens is 276 g/mol. The molecule has 0 radical (unpaired) electrons. The van der Waals surface area contributed by atoms with Crippen LogP contribution in [-0.2, 0) is 19.4 Å². The fraction of sp³-hybridized carbons (Fsp3) is 0.556. The first kappa shape index (κ1) is 16.7. The van der Waals surface area contributed by atoms with Crippen LogP contribution in [0, 0.1) is 22.7 Å². The second-order valence-corrected chi connectivity index (χ2v) is 5.54. The Morgan fingerprint density at radius 3 is 2.37 bits per heavy atom. The van der Waals surface area contributed by atoms with Gasteiger partial charge in [-0.1, -0.05) is 0 Å². The molecule has 2 amide bonds. The Bertz CT molecular complexity index is 516. The van der Waals surface area contributed by atoms with Crippen molar-refractivity contribution in [3.05, 3.63) is 0 Å². The van der Waals surface area contributed by atoms with E-state index in [1.54, 1.807) is 12.1 Å². The summed E-state index contributed by atoms with van der Waals surface area (Å²) in [5.74, 6) is -0.898. The van der Waals surface area contributed by atoms with Gasteiger partial charge in [-0.3, -0.25) is 4.79 Å². The SMILES string of the molecule is CS(=O)(=O)C(CNC(=O)OCC#N)C(=O)NCC#N. The zero-order chi connectivity index (χ0) is 14.9. The third-order valence-corrected chi connectivity index (χ3v) is 3.26. The van der Waals surface area contributed by atoms with Gasteiger partial charge < -0.3 is 15.4 Å². The lowest BCUT2D eigenvalue weighted by atomic mass is 10.4. The third kappa shape index (κ3) is 6.85. The minimum Gasteiger partial charge on any atom is -0.434 e. The van der Waals surface area contributed by atoms with Gasteiger partial charge in [-0.15, -0.1) is 0 Å². The molecule has 19 heavy (non-hydrogen) atoms. The number of ether oxygens (including phenoxy) is 1. The average molecular weight is 288 g/mol. The minimum atomic E-state index is -3.77. The maximum Gasteiger partial charge on any atom is 0.408 e. The van der Waals surface area contributed by atoms with Crippen molar-refractivity contribution in [2.24, 2.45) is 0 Å². The summed E-state index contributed by atoms with van der Waals surface area (Å²) in [6.07, 6.45) is -0.186. The zero-order valence-corrected chi connectivity index (χ0v) is 10.9. The maximum atomic E-state index is 11.5. The highest BCUT2D eigenvalue weighted by molar-refractivity contribution is 7.92. The van der Waals surface area contributed by atoms with Gasteiger partial charge in [0.05, 0.1) is 6.07 Å². The molecule has 0 fully saturated rings. The van der Waals surface area contributed by atoms with Gasteiger partial charge in [0.15, 0.2) is 21.7 Å². The van der Waals surface area contributed by atoms with Crippen molar-refractivity contribution in [1.29, 1.82) is 10.5 Å². The van der Waals surface area contributed by atoms with Crippen LogP contribution in [0.4, 0.5) is 4.79 Å². The van der Waals surface area contributed by atoms with Crippen LogP contribution in [0.1, 0.15) is 0 Å². The van der Waals surface area contributed by atoms with E-state index in [9.17, 15) is 18.0 Å². The molecular formula is C9H12N4O5S. The molecule has 0 saturated heterocycles. The lowest BCUT2D eigenvalue weighted by Gasteiger charge is -2.14. The van der Waals surface area contributed by atoms with Gasteiger partial charge in [-0.05, 0) is 0 Å². The fourth-order valence-corrected chi connectivity index (χ4v) is 1.86. The van der Waals surface area contributed by atoms with Crippen LogP contribution in [0.2, 0.25) is 0 Å². The van der Waals surface area contributed by atoms with Crippen LogP contribution in [-0.4, -0.2) is 51.6 Å². The number of alkyl carbamates (subject to hydrolysis) is 1. The van der Waals surface area contributed by atoms with Crippen molar-refractivity contribution in [2.75, 3.05) is 26.0 Å². The van der Waals surface area contributed by atoms with Crippen LogP contribution < -0.4 is 10.6 Å². The molecule has 10 heteroatoms. The Morgan fingerprint density at radius 1 is 1.26 bits per heavy atom. The predicted molar refractivity (Wildman–Crippen MR) is 62.2 cm³/mol. The second kappa shape index (κ2) is 7.89. The highest BCUT2D eigenvalue weighted by Gasteiger charge is 2.29. The van der Waals surface area contributed by atoms with E-state index in [0.717, 1.165) is 6.26 Å². The summed E-state index contributed by atoms with van der Waals surface area (Å²) in [4.78, 5) is 22.5. The van der Waals surface area contributed by atoms with E-state index in [4.69, 9.17) is 10.5 Å². The molecule has 0 aliphatic rings. The van der Waals surface area contributed by atoms with Crippen LogP contribution >= 0.6 is 0 Å². The number of nitriles is 2. The Kier molecular flexibility index (Phi) is 6.93. The van der Waals surface area contributed by atoms with Crippen molar-refractivity contribution >= 4 is 21.8 Å². The standard InChI is InChI=1S/C9H12N4O5S/c1-19(16,17)7(8(14)12-4-2-10)6-13-9(15)18-5-3-11/h7H,4-6H2,1H3,(H,12,14)(H,13,15).